The Labute approximate surface area is 147 Å². The third-order valence-corrected chi connectivity index (χ3v) is 3.71. The zero-order valence-electron chi connectivity index (χ0n) is 14.7. The third kappa shape index (κ3) is 5.32. The van der Waals surface area contributed by atoms with Crippen molar-refractivity contribution in [2.24, 2.45) is 0 Å². The minimum atomic E-state index is -0.632. The van der Waals surface area contributed by atoms with Gasteiger partial charge in [0, 0.05) is 19.8 Å². The summed E-state index contributed by atoms with van der Waals surface area (Å²) in [5, 5.41) is 5.89. The first-order chi connectivity index (χ1) is 12.0. The Morgan fingerprint density at radius 1 is 1.04 bits per heavy atom. The number of carbonyl (C=O) groups is 2. The number of likely N-dealkylation sites (N-methyl/N-ethyl adjacent to an activating group) is 1. The molecule has 0 radical (unpaired) electrons. The Morgan fingerprint density at radius 3 is 2.24 bits per heavy atom. The molecule has 6 nitrogen and oxygen atoms in total. The van der Waals surface area contributed by atoms with Crippen molar-refractivity contribution in [1.82, 2.24) is 10.2 Å². The Morgan fingerprint density at radius 2 is 1.68 bits per heavy atom. The summed E-state index contributed by atoms with van der Waals surface area (Å²) in [5.74, 6) is 0.383. The molecule has 25 heavy (non-hydrogen) atoms. The second kappa shape index (κ2) is 8.84. The molecule has 0 saturated carbocycles. The molecule has 0 aliphatic carbocycles. The maximum atomic E-state index is 12.7. The molecule has 132 valence electrons. The molecule has 0 fully saturated rings. The minimum absolute atomic E-state index is 0.0720. The van der Waals surface area contributed by atoms with Gasteiger partial charge in [-0.05, 0) is 29.8 Å². The minimum Gasteiger partial charge on any atom is -0.497 e. The van der Waals surface area contributed by atoms with E-state index in [2.05, 4.69) is 10.6 Å². The lowest BCUT2D eigenvalue weighted by atomic mass is 10.1. The Balaban J connectivity index is 2.12. The Hall–Kier alpha value is -2.86. The van der Waals surface area contributed by atoms with Crippen molar-refractivity contribution < 1.29 is 14.3 Å². The average molecular weight is 341 g/mol. The van der Waals surface area contributed by atoms with Crippen LogP contribution in [0.3, 0.4) is 0 Å². The fraction of sp³-hybridized carbons (Fsp3) is 0.263. The topological polar surface area (TPSA) is 70.7 Å². The van der Waals surface area contributed by atoms with Crippen LogP contribution in [0, 0.1) is 0 Å². The summed E-state index contributed by atoms with van der Waals surface area (Å²) in [6.07, 6.45) is 0. The summed E-state index contributed by atoms with van der Waals surface area (Å²) in [4.78, 5) is 26.1. The smallest absolute Gasteiger partial charge is 0.246 e. The van der Waals surface area contributed by atoms with Crippen LogP contribution in [0.1, 0.15) is 11.6 Å². The van der Waals surface area contributed by atoms with E-state index >= 15 is 0 Å². The maximum absolute atomic E-state index is 12.7. The molecule has 0 spiro atoms. The van der Waals surface area contributed by atoms with Crippen molar-refractivity contribution in [3.63, 3.8) is 0 Å². The number of rotatable bonds is 7. The van der Waals surface area contributed by atoms with Gasteiger partial charge >= 0.3 is 0 Å². The number of carbonyl (C=O) groups excluding carboxylic acids is 2. The molecule has 0 bridgehead atoms. The van der Waals surface area contributed by atoms with E-state index < -0.39 is 6.04 Å². The van der Waals surface area contributed by atoms with Crippen LogP contribution >= 0.6 is 0 Å². The zero-order chi connectivity index (χ0) is 18.2. The van der Waals surface area contributed by atoms with Crippen LogP contribution < -0.4 is 15.4 Å². The van der Waals surface area contributed by atoms with E-state index in [4.69, 9.17) is 4.74 Å². The van der Waals surface area contributed by atoms with Gasteiger partial charge in [-0.25, -0.2) is 0 Å². The molecule has 2 aromatic carbocycles. The van der Waals surface area contributed by atoms with Crippen molar-refractivity contribution in [2.75, 3.05) is 33.1 Å². The fourth-order valence-electron chi connectivity index (χ4n) is 2.24. The monoisotopic (exact) mass is 341 g/mol. The normalized spacial score (nSPS) is 11.5. The molecule has 0 aliphatic rings. The first-order valence-corrected chi connectivity index (χ1v) is 7.94. The maximum Gasteiger partial charge on any atom is 0.246 e. The highest BCUT2D eigenvalue weighted by Crippen LogP contribution is 2.18. The second-order valence-electron chi connectivity index (χ2n) is 5.73. The van der Waals surface area contributed by atoms with E-state index in [0.717, 1.165) is 5.56 Å². The van der Waals surface area contributed by atoms with Crippen molar-refractivity contribution in [2.45, 2.75) is 6.04 Å². The quantitative estimate of drug-likeness (QED) is 0.809. The van der Waals surface area contributed by atoms with E-state index in [0.29, 0.717) is 11.4 Å². The molecule has 2 N–H and O–H groups in total. The summed E-state index contributed by atoms with van der Waals surface area (Å²) in [5.41, 5.74) is 1.45. The molecule has 2 rings (SSSR count). The van der Waals surface area contributed by atoms with Crippen LogP contribution in [0.5, 0.6) is 5.75 Å². The molecular formula is C19H23N3O3. The molecule has 6 heteroatoms. The SMILES string of the molecule is COc1ccc(NC(=O)[C@H](NCC(=O)N(C)C)c2ccccc2)cc1. The van der Waals surface area contributed by atoms with Crippen LogP contribution in [0.25, 0.3) is 0 Å². The number of ether oxygens (including phenoxy) is 1. The predicted octanol–water partition coefficient (Wildman–Crippen LogP) is 2.05. The number of hydrogen-bond acceptors (Lipinski definition) is 4. The molecule has 2 amide bonds. The van der Waals surface area contributed by atoms with Crippen LogP contribution in [-0.2, 0) is 9.59 Å². The van der Waals surface area contributed by atoms with E-state index in [1.54, 1.807) is 45.5 Å². The number of amides is 2. The summed E-state index contributed by atoms with van der Waals surface area (Å²) in [7, 11) is 4.95. The van der Waals surface area contributed by atoms with Crippen molar-refractivity contribution in [3.8, 4) is 5.75 Å². The molecule has 0 unspecified atom stereocenters. The first-order valence-electron chi connectivity index (χ1n) is 7.94. The molecule has 0 aliphatic heterocycles. The molecule has 1 atom stereocenters. The summed E-state index contributed by atoms with van der Waals surface area (Å²) >= 11 is 0. The Kier molecular flexibility index (Phi) is 6.54. The van der Waals surface area contributed by atoms with Gasteiger partial charge in [0.15, 0.2) is 0 Å². The van der Waals surface area contributed by atoms with Gasteiger partial charge in [-0.3, -0.25) is 14.9 Å². The van der Waals surface area contributed by atoms with Crippen LogP contribution in [0.2, 0.25) is 0 Å². The van der Waals surface area contributed by atoms with Crippen LogP contribution in [0.15, 0.2) is 54.6 Å². The molecular weight excluding hydrogens is 318 g/mol. The van der Waals surface area contributed by atoms with Gasteiger partial charge < -0.3 is 15.0 Å². The number of hydrogen-bond donors (Lipinski definition) is 2. The van der Waals surface area contributed by atoms with E-state index in [9.17, 15) is 9.59 Å². The zero-order valence-corrected chi connectivity index (χ0v) is 14.7. The lowest BCUT2D eigenvalue weighted by molar-refractivity contribution is -0.128. The lowest BCUT2D eigenvalue weighted by Gasteiger charge is -2.20. The molecule has 0 heterocycles. The van der Waals surface area contributed by atoms with Gasteiger partial charge in [0.05, 0.1) is 13.7 Å². The van der Waals surface area contributed by atoms with Gasteiger partial charge in [-0.1, -0.05) is 30.3 Å². The van der Waals surface area contributed by atoms with Gasteiger partial charge in [0.25, 0.3) is 0 Å². The van der Waals surface area contributed by atoms with Crippen molar-refractivity contribution in [1.29, 1.82) is 0 Å². The standard InChI is InChI=1S/C19H23N3O3/c1-22(2)17(23)13-20-18(14-7-5-4-6-8-14)19(24)21-15-9-11-16(25-3)12-10-15/h4-12,18,20H,13H2,1-3H3,(H,21,24)/t18-/m1/s1. The van der Waals surface area contributed by atoms with Gasteiger partial charge in [-0.2, -0.15) is 0 Å². The number of nitrogens with zero attached hydrogens (tertiary/aromatic N) is 1. The highest BCUT2D eigenvalue weighted by molar-refractivity contribution is 5.96. The predicted molar refractivity (Wildman–Crippen MR) is 97.5 cm³/mol. The average Bonchev–Trinajstić information content (AvgIpc) is 2.63. The summed E-state index contributed by atoms with van der Waals surface area (Å²) < 4.78 is 5.11. The first kappa shape index (κ1) is 18.5. The number of anilines is 1. The van der Waals surface area contributed by atoms with Crippen LogP contribution in [-0.4, -0.2) is 44.5 Å². The van der Waals surface area contributed by atoms with E-state index in [1.807, 2.05) is 30.3 Å². The van der Waals surface area contributed by atoms with Crippen molar-refractivity contribution >= 4 is 17.5 Å². The molecule has 0 saturated heterocycles. The van der Waals surface area contributed by atoms with E-state index in [1.165, 1.54) is 4.90 Å². The molecule has 0 aromatic heterocycles. The lowest BCUT2D eigenvalue weighted by Crippen LogP contribution is -2.39. The summed E-state index contributed by atoms with van der Waals surface area (Å²) in [6.45, 7) is 0.0720. The second-order valence-corrected chi connectivity index (χ2v) is 5.73. The number of nitrogens with one attached hydrogen (secondary N) is 2. The van der Waals surface area contributed by atoms with Gasteiger partial charge in [-0.15, -0.1) is 0 Å². The van der Waals surface area contributed by atoms with E-state index in [-0.39, 0.29) is 18.4 Å². The highest BCUT2D eigenvalue weighted by atomic mass is 16.5. The highest BCUT2D eigenvalue weighted by Gasteiger charge is 2.21. The summed E-state index contributed by atoms with van der Waals surface area (Å²) in [6, 6.07) is 15.8. The third-order valence-electron chi connectivity index (χ3n) is 3.71. The fourth-order valence-corrected chi connectivity index (χ4v) is 2.24. The van der Waals surface area contributed by atoms with Gasteiger partial charge in [0.1, 0.15) is 11.8 Å². The molecule has 2 aromatic rings. The van der Waals surface area contributed by atoms with Gasteiger partial charge in [0.2, 0.25) is 11.8 Å². The Bertz CT molecular complexity index is 700. The van der Waals surface area contributed by atoms with Crippen molar-refractivity contribution in [3.05, 3.63) is 60.2 Å². The number of methoxy groups -OCH3 is 1. The number of benzene rings is 2. The van der Waals surface area contributed by atoms with Crippen LogP contribution in [0.4, 0.5) is 5.69 Å². The largest absolute Gasteiger partial charge is 0.497 e.